The summed E-state index contributed by atoms with van der Waals surface area (Å²) in [5.74, 6) is 0.204. The molecule has 2 heteroatoms. The molecule has 1 aromatic rings. The molecule has 0 aliphatic carbocycles. The van der Waals surface area contributed by atoms with Gasteiger partial charge in [-0.2, -0.15) is 0 Å². The second-order valence-corrected chi connectivity index (χ2v) is 3.60. The Morgan fingerprint density at radius 2 is 2.07 bits per heavy atom. The van der Waals surface area contributed by atoms with Gasteiger partial charge in [-0.1, -0.05) is 32.6 Å². The molecule has 1 heterocycles. The van der Waals surface area contributed by atoms with Gasteiger partial charge in [0.1, 0.15) is 6.26 Å². The SMILES string of the molecule is CCCCCCCC(=O)c1ccoc1. The van der Waals surface area contributed by atoms with Gasteiger partial charge in [0.25, 0.3) is 0 Å². The van der Waals surface area contributed by atoms with E-state index >= 15 is 0 Å². The molecule has 0 aliphatic heterocycles. The summed E-state index contributed by atoms with van der Waals surface area (Å²) in [5, 5.41) is 0. The molecule has 78 valence electrons. The molecule has 0 aliphatic rings. The van der Waals surface area contributed by atoms with Gasteiger partial charge in [-0.05, 0) is 12.5 Å². The minimum Gasteiger partial charge on any atom is -0.472 e. The van der Waals surface area contributed by atoms with Crippen LogP contribution in [0.5, 0.6) is 0 Å². The molecule has 0 saturated heterocycles. The lowest BCUT2D eigenvalue weighted by atomic mass is 10.1. The van der Waals surface area contributed by atoms with Crippen molar-refractivity contribution in [3.63, 3.8) is 0 Å². The number of carbonyl (C=O) groups excluding carboxylic acids is 1. The van der Waals surface area contributed by atoms with E-state index < -0.39 is 0 Å². The summed E-state index contributed by atoms with van der Waals surface area (Å²) < 4.78 is 4.86. The smallest absolute Gasteiger partial charge is 0.166 e. The lowest BCUT2D eigenvalue weighted by Crippen LogP contribution is -1.96. The number of furan rings is 1. The Labute approximate surface area is 85.3 Å². The predicted molar refractivity (Wildman–Crippen MR) is 56.4 cm³/mol. The topological polar surface area (TPSA) is 30.2 Å². The van der Waals surface area contributed by atoms with Crippen molar-refractivity contribution in [2.45, 2.75) is 45.4 Å². The first-order chi connectivity index (χ1) is 6.84. The molecule has 0 bridgehead atoms. The number of carbonyl (C=O) groups is 1. The molecule has 1 aromatic heterocycles. The Hall–Kier alpha value is -1.05. The standard InChI is InChI=1S/C12H18O2/c1-2-3-4-5-6-7-12(13)11-8-9-14-10-11/h8-10H,2-7H2,1H3. The molecule has 0 spiro atoms. The fourth-order valence-electron chi connectivity index (χ4n) is 1.46. The summed E-state index contributed by atoms with van der Waals surface area (Å²) in [6.45, 7) is 2.19. The summed E-state index contributed by atoms with van der Waals surface area (Å²) in [7, 11) is 0. The summed E-state index contributed by atoms with van der Waals surface area (Å²) >= 11 is 0. The highest BCUT2D eigenvalue weighted by molar-refractivity contribution is 5.95. The van der Waals surface area contributed by atoms with Crippen LogP contribution in [0, 0.1) is 0 Å². The average Bonchev–Trinajstić information content (AvgIpc) is 2.70. The molecule has 14 heavy (non-hydrogen) atoms. The number of rotatable bonds is 7. The molecule has 2 nitrogen and oxygen atoms in total. The van der Waals surface area contributed by atoms with E-state index in [0.29, 0.717) is 12.0 Å². The van der Waals surface area contributed by atoms with Crippen molar-refractivity contribution in [1.82, 2.24) is 0 Å². The van der Waals surface area contributed by atoms with Crippen molar-refractivity contribution < 1.29 is 9.21 Å². The van der Waals surface area contributed by atoms with Crippen LogP contribution in [-0.4, -0.2) is 5.78 Å². The van der Waals surface area contributed by atoms with Crippen LogP contribution in [0.2, 0.25) is 0 Å². The third-order valence-electron chi connectivity index (χ3n) is 2.35. The third kappa shape index (κ3) is 3.77. The summed E-state index contributed by atoms with van der Waals surface area (Å²) in [6.07, 6.45) is 9.66. The van der Waals surface area contributed by atoms with Gasteiger partial charge < -0.3 is 4.42 Å². The first-order valence-corrected chi connectivity index (χ1v) is 5.40. The number of ketones is 1. The Bertz CT molecular complexity index is 249. The Morgan fingerprint density at radius 3 is 2.71 bits per heavy atom. The number of unbranched alkanes of at least 4 members (excludes halogenated alkanes) is 4. The monoisotopic (exact) mass is 194 g/mol. The summed E-state index contributed by atoms with van der Waals surface area (Å²) in [5.41, 5.74) is 0.709. The van der Waals surface area contributed by atoms with Gasteiger partial charge in [0.15, 0.2) is 5.78 Å². The van der Waals surface area contributed by atoms with Crippen LogP contribution in [0.25, 0.3) is 0 Å². The maximum absolute atomic E-state index is 11.5. The van der Waals surface area contributed by atoms with E-state index in [2.05, 4.69) is 6.92 Å². The Morgan fingerprint density at radius 1 is 1.29 bits per heavy atom. The Balaban J connectivity index is 2.10. The summed E-state index contributed by atoms with van der Waals surface area (Å²) in [6, 6.07) is 1.73. The van der Waals surface area contributed by atoms with Crippen LogP contribution in [-0.2, 0) is 0 Å². The van der Waals surface area contributed by atoms with Gasteiger partial charge >= 0.3 is 0 Å². The maximum atomic E-state index is 11.5. The van der Waals surface area contributed by atoms with E-state index in [1.165, 1.54) is 25.5 Å². The van der Waals surface area contributed by atoms with Gasteiger partial charge in [0.05, 0.1) is 11.8 Å². The van der Waals surface area contributed by atoms with Gasteiger partial charge in [0.2, 0.25) is 0 Å². The van der Waals surface area contributed by atoms with E-state index in [1.807, 2.05) is 0 Å². The molecule has 0 amide bonds. The highest BCUT2D eigenvalue weighted by Crippen LogP contribution is 2.10. The van der Waals surface area contributed by atoms with Crippen LogP contribution in [0.3, 0.4) is 0 Å². The van der Waals surface area contributed by atoms with E-state index in [-0.39, 0.29) is 5.78 Å². The molecular weight excluding hydrogens is 176 g/mol. The van der Waals surface area contributed by atoms with E-state index in [9.17, 15) is 4.79 Å². The number of Topliss-reactive ketones (excluding diaryl/α,β-unsaturated/α-hetero) is 1. The number of hydrogen-bond donors (Lipinski definition) is 0. The minimum absolute atomic E-state index is 0.204. The lowest BCUT2D eigenvalue weighted by Gasteiger charge is -1.98. The zero-order valence-corrected chi connectivity index (χ0v) is 8.79. The highest BCUT2D eigenvalue weighted by Gasteiger charge is 2.05. The highest BCUT2D eigenvalue weighted by atomic mass is 16.3. The average molecular weight is 194 g/mol. The van der Waals surface area contributed by atoms with E-state index in [4.69, 9.17) is 4.42 Å². The van der Waals surface area contributed by atoms with Crippen LogP contribution >= 0.6 is 0 Å². The molecular formula is C12H18O2. The van der Waals surface area contributed by atoms with Crippen LogP contribution < -0.4 is 0 Å². The van der Waals surface area contributed by atoms with Gasteiger partial charge in [-0.15, -0.1) is 0 Å². The first kappa shape index (κ1) is 11.0. The van der Waals surface area contributed by atoms with Crippen molar-refractivity contribution in [2.75, 3.05) is 0 Å². The minimum atomic E-state index is 0.204. The first-order valence-electron chi connectivity index (χ1n) is 5.40. The zero-order valence-electron chi connectivity index (χ0n) is 8.79. The molecule has 1 rings (SSSR count). The molecule has 0 atom stereocenters. The van der Waals surface area contributed by atoms with Gasteiger partial charge in [0, 0.05) is 6.42 Å². The Kier molecular flexibility index (Phi) is 5.05. The maximum Gasteiger partial charge on any atom is 0.166 e. The fraction of sp³-hybridized carbons (Fsp3) is 0.583. The molecule has 0 unspecified atom stereocenters. The van der Waals surface area contributed by atoms with Crippen molar-refractivity contribution in [2.24, 2.45) is 0 Å². The second-order valence-electron chi connectivity index (χ2n) is 3.60. The predicted octanol–water partition coefficient (Wildman–Crippen LogP) is 3.82. The van der Waals surface area contributed by atoms with Crippen molar-refractivity contribution in [3.8, 4) is 0 Å². The van der Waals surface area contributed by atoms with E-state index in [1.54, 1.807) is 12.3 Å². The van der Waals surface area contributed by atoms with Crippen molar-refractivity contribution >= 4 is 5.78 Å². The molecule has 0 radical (unpaired) electrons. The number of hydrogen-bond acceptors (Lipinski definition) is 2. The van der Waals surface area contributed by atoms with Crippen LogP contribution in [0.4, 0.5) is 0 Å². The van der Waals surface area contributed by atoms with Crippen molar-refractivity contribution in [3.05, 3.63) is 24.2 Å². The largest absolute Gasteiger partial charge is 0.472 e. The fourth-order valence-corrected chi connectivity index (χ4v) is 1.46. The van der Waals surface area contributed by atoms with Crippen LogP contribution in [0.1, 0.15) is 55.8 Å². The molecule has 0 fully saturated rings. The second kappa shape index (κ2) is 6.41. The van der Waals surface area contributed by atoms with Gasteiger partial charge in [-0.3, -0.25) is 4.79 Å². The molecule has 0 saturated carbocycles. The third-order valence-corrected chi connectivity index (χ3v) is 2.35. The van der Waals surface area contributed by atoms with Gasteiger partial charge in [-0.25, -0.2) is 0 Å². The van der Waals surface area contributed by atoms with Crippen molar-refractivity contribution in [1.29, 1.82) is 0 Å². The van der Waals surface area contributed by atoms with E-state index in [0.717, 1.165) is 12.8 Å². The lowest BCUT2D eigenvalue weighted by molar-refractivity contribution is 0.0978. The summed E-state index contributed by atoms with van der Waals surface area (Å²) in [4.78, 5) is 11.5. The molecule has 0 aromatic carbocycles. The quantitative estimate of drug-likeness (QED) is 0.488. The van der Waals surface area contributed by atoms with Crippen LogP contribution in [0.15, 0.2) is 23.0 Å². The zero-order chi connectivity index (χ0) is 10.2. The molecule has 0 N–H and O–H groups in total. The normalized spacial score (nSPS) is 10.4.